The third-order valence-corrected chi connectivity index (χ3v) is 2.96. The Morgan fingerprint density at radius 2 is 2.24 bits per heavy atom. The van der Waals surface area contributed by atoms with Crippen LogP contribution in [0.15, 0.2) is 36.5 Å². The molecule has 1 N–H and O–H groups in total. The maximum Gasteiger partial charge on any atom is 0.121 e. The first-order valence-electron chi connectivity index (χ1n) is 6.13. The number of fused-ring (bicyclic) bond motifs is 1. The van der Waals surface area contributed by atoms with Gasteiger partial charge in [0.1, 0.15) is 12.4 Å². The number of hydrogen-bond donors (Lipinski definition) is 1. The van der Waals surface area contributed by atoms with Crippen molar-refractivity contribution in [2.75, 3.05) is 13.2 Å². The zero-order chi connectivity index (χ0) is 11.5. The van der Waals surface area contributed by atoms with Crippen molar-refractivity contribution in [3.63, 3.8) is 0 Å². The lowest BCUT2D eigenvalue weighted by Gasteiger charge is -2.07. The van der Waals surface area contributed by atoms with E-state index in [9.17, 15) is 0 Å². The molecular weight excluding hydrogens is 212 g/mol. The van der Waals surface area contributed by atoms with Gasteiger partial charge in [0.05, 0.1) is 5.52 Å². The van der Waals surface area contributed by atoms with Crippen LogP contribution in [0.5, 0.6) is 5.75 Å². The lowest BCUT2D eigenvalue weighted by atomic mass is 10.2. The maximum atomic E-state index is 5.69. The molecule has 1 aromatic heterocycles. The smallest absolute Gasteiger partial charge is 0.121 e. The van der Waals surface area contributed by atoms with Gasteiger partial charge in [0, 0.05) is 30.2 Å². The molecule has 2 aromatic rings. The first-order valence-corrected chi connectivity index (χ1v) is 6.13. The summed E-state index contributed by atoms with van der Waals surface area (Å²) in [5, 5.41) is 4.57. The van der Waals surface area contributed by atoms with Gasteiger partial charge in [0.15, 0.2) is 0 Å². The molecule has 0 atom stereocenters. The van der Waals surface area contributed by atoms with E-state index in [1.165, 1.54) is 12.8 Å². The van der Waals surface area contributed by atoms with Crippen LogP contribution in [0.25, 0.3) is 10.9 Å². The van der Waals surface area contributed by atoms with E-state index in [1.54, 1.807) is 6.20 Å². The predicted molar refractivity (Wildman–Crippen MR) is 68.3 cm³/mol. The summed E-state index contributed by atoms with van der Waals surface area (Å²) in [6.07, 6.45) is 4.44. The van der Waals surface area contributed by atoms with E-state index >= 15 is 0 Å². The summed E-state index contributed by atoms with van der Waals surface area (Å²) in [4.78, 5) is 4.31. The molecule has 1 heterocycles. The molecule has 0 bridgehead atoms. The second-order valence-electron chi connectivity index (χ2n) is 4.43. The molecule has 0 spiro atoms. The number of benzene rings is 1. The van der Waals surface area contributed by atoms with Crippen molar-refractivity contribution < 1.29 is 4.74 Å². The molecule has 3 nitrogen and oxygen atoms in total. The molecule has 0 aliphatic heterocycles. The van der Waals surface area contributed by atoms with Crippen LogP contribution in [0.3, 0.4) is 0 Å². The number of nitrogens with zero attached hydrogens (tertiary/aromatic N) is 1. The minimum atomic E-state index is 0.717. The molecule has 3 heteroatoms. The van der Waals surface area contributed by atoms with E-state index in [0.29, 0.717) is 0 Å². The molecule has 1 aliphatic rings. The van der Waals surface area contributed by atoms with E-state index in [1.807, 2.05) is 24.3 Å². The van der Waals surface area contributed by atoms with Gasteiger partial charge in [-0.15, -0.1) is 0 Å². The van der Waals surface area contributed by atoms with E-state index in [2.05, 4.69) is 16.4 Å². The molecule has 17 heavy (non-hydrogen) atoms. The molecule has 1 fully saturated rings. The largest absolute Gasteiger partial charge is 0.492 e. The normalized spacial score (nSPS) is 15.1. The van der Waals surface area contributed by atoms with Gasteiger partial charge in [-0.3, -0.25) is 4.98 Å². The summed E-state index contributed by atoms with van der Waals surface area (Å²) in [6, 6.07) is 10.8. The molecule has 1 aliphatic carbocycles. The molecule has 0 amide bonds. The number of hydrogen-bond acceptors (Lipinski definition) is 3. The highest BCUT2D eigenvalue weighted by Gasteiger charge is 2.19. The zero-order valence-electron chi connectivity index (χ0n) is 9.73. The Kier molecular flexibility index (Phi) is 2.92. The van der Waals surface area contributed by atoms with Gasteiger partial charge >= 0.3 is 0 Å². The Hall–Kier alpha value is -1.61. The van der Waals surface area contributed by atoms with E-state index in [-0.39, 0.29) is 0 Å². The summed E-state index contributed by atoms with van der Waals surface area (Å²) in [6.45, 7) is 1.64. The Labute approximate surface area is 101 Å². The minimum Gasteiger partial charge on any atom is -0.492 e. The van der Waals surface area contributed by atoms with Gasteiger partial charge in [-0.2, -0.15) is 0 Å². The van der Waals surface area contributed by atoms with Crippen LogP contribution in [-0.4, -0.2) is 24.2 Å². The summed E-state index contributed by atoms with van der Waals surface area (Å²) in [5.74, 6) is 0.897. The third-order valence-electron chi connectivity index (χ3n) is 2.96. The third kappa shape index (κ3) is 2.74. The minimum absolute atomic E-state index is 0.717. The van der Waals surface area contributed by atoms with E-state index in [0.717, 1.165) is 35.8 Å². The van der Waals surface area contributed by atoms with Crippen LogP contribution in [0.1, 0.15) is 12.8 Å². The van der Waals surface area contributed by atoms with Crippen molar-refractivity contribution in [2.45, 2.75) is 18.9 Å². The van der Waals surface area contributed by atoms with Crippen LogP contribution in [0.4, 0.5) is 0 Å². The molecule has 1 aromatic carbocycles. The monoisotopic (exact) mass is 228 g/mol. The SMILES string of the molecule is c1cnc2cc(OCCNC3CC3)ccc2c1. The van der Waals surface area contributed by atoms with Crippen molar-refractivity contribution >= 4 is 10.9 Å². The number of nitrogens with one attached hydrogen (secondary N) is 1. The fourth-order valence-electron chi connectivity index (χ4n) is 1.86. The van der Waals surface area contributed by atoms with Crippen LogP contribution in [-0.2, 0) is 0 Å². The van der Waals surface area contributed by atoms with Crippen molar-refractivity contribution in [3.8, 4) is 5.75 Å². The highest BCUT2D eigenvalue weighted by Crippen LogP contribution is 2.19. The molecule has 0 radical (unpaired) electrons. The summed E-state index contributed by atoms with van der Waals surface area (Å²) in [5.41, 5.74) is 0.986. The second kappa shape index (κ2) is 4.72. The Morgan fingerprint density at radius 1 is 1.29 bits per heavy atom. The van der Waals surface area contributed by atoms with Crippen LogP contribution < -0.4 is 10.1 Å². The first kappa shape index (κ1) is 10.5. The Bertz CT molecular complexity index is 508. The fourth-order valence-corrected chi connectivity index (χ4v) is 1.86. The number of ether oxygens (including phenoxy) is 1. The number of rotatable bonds is 5. The van der Waals surface area contributed by atoms with Gasteiger partial charge in [-0.1, -0.05) is 6.07 Å². The van der Waals surface area contributed by atoms with Crippen molar-refractivity contribution in [1.29, 1.82) is 0 Å². The molecule has 3 rings (SSSR count). The molecule has 0 unspecified atom stereocenters. The van der Waals surface area contributed by atoms with Crippen molar-refractivity contribution in [2.24, 2.45) is 0 Å². The maximum absolute atomic E-state index is 5.69. The average molecular weight is 228 g/mol. The summed E-state index contributed by atoms with van der Waals surface area (Å²) >= 11 is 0. The van der Waals surface area contributed by atoms with Gasteiger partial charge in [-0.25, -0.2) is 0 Å². The molecule has 88 valence electrons. The lowest BCUT2D eigenvalue weighted by molar-refractivity contribution is 0.314. The van der Waals surface area contributed by atoms with Crippen molar-refractivity contribution in [1.82, 2.24) is 10.3 Å². The topological polar surface area (TPSA) is 34.1 Å². The van der Waals surface area contributed by atoms with Crippen LogP contribution in [0.2, 0.25) is 0 Å². The highest BCUT2D eigenvalue weighted by atomic mass is 16.5. The second-order valence-corrected chi connectivity index (χ2v) is 4.43. The average Bonchev–Trinajstić information content (AvgIpc) is 3.18. The Morgan fingerprint density at radius 3 is 3.12 bits per heavy atom. The number of aromatic nitrogens is 1. The van der Waals surface area contributed by atoms with Gasteiger partial charge in [-0.05, 0) is 31.0 Å². The van der Waals surface area contributed by atoms with E-state index < -0.39 is 0 Å². The zero-order valence-corrected chi connectivity index (χ0v) is 9.73. The van der Waals surface area contributed by atoms with Crippen LogP contribution in [0, 0.1) is 0 Å². The quantitative estimate of drug-likeness (QED) is 0.798. The first-order chi connectivity index (χ1) is 8.42. The van der Waals surface area contributed by atoms with Crippen molar-refractivity contribution in [3.05, 3.63) is 36.5 Å². The number of pyridine rings is 1. The lowest BCUT2D eigenvalue weighted by Crippen LogP contribution is -2.22. The summed E-state index contributed by atoms with van der Waals surface area (Å²) < 4.78 is 5.69. The van der Waals surface area contributed by atoms with Crippen LogP contribution >= 0.6 is 0 Å². The molecule has 1 saturated carbocycles. The predicted octanol–water partition coefficient (Wildman–Crippen LogP) is 2.37. The standard InChI is InChI=1S/C14H16N2O/c1-2-11-3-6-13(10-14(11)16-7-1)17-9-8-15-12-4-5-12/h1-3,6-7,10,12,15H,4-5,8-9H2. The van der Waals surface area contributed by atoms with E-state index in [4.69, 9.17) is 4.74 Å². The van der Waals surface area contributed by atoms with Gasteiger partial charge in [0.2, 0.25) is 0 Å². The van der Waals surface area contributed by atoms with Gasteiger partial charge < -0.3 is 10.1 Å². The summed E-state index contributed by atoms with van der Waals surface area (Å²) in [7, 11) is 0. The highest BCUT2D eigenvalue weighted by molar-refractivity contribution is 5.79. The Balaban J connectivity index is 1.59. The molecule has 0 saturated heterocycles. The molecular formula is C14H16N2O. The fraction of sp³-hybridized carbons (Fsp3) is 0.357. The van der Waals surface area contributed by atoms with Gasteiger partial charge in [0.25, 0.3) is 0 Å².